The van der Waals surface area contributed by atoms with Gasteiger partial charge in [0.1, 0.15) is 28.2 Å². The van der Waals surface area contributed by atoms with Crippen LogP contribution in [0.2, 0.25) is 0 Å². The van der Waals surface area contributed by atoms with E-state index in [1.54, 1.807) is 31.4 Å². The van der Waals surface area contributed by atoms with Crippen LogP contribution in [0, 0.1) is 0 Å². The Labute approximate surface area is 132 Å². The van der Waals surface area contributed by atoms with Crippen molar-refractivity contribution in [3.8, 4) is 22.8 Å². The standard InChI is InChI=1S/C18H14O5/c1-11(19)22-15-7-4-8-16-18(15)14(20)10-17(23-16)12-5-3-6-13(9-12)21-2/h3-10H,1-2H3. The number of fused-ring (bicyclic) bond motifs is 1. The fraction of sp³-hybridized carbons (Fsp3) is 0.111. The number of benzene rings is 2. The van der Waals surface area contributed by atoms with Gasteiger partial charge in [-0.25, -0.2) is 0 Å². The van der Waals surface area contributed by atoms with E-state index in [1.165, 1.54) is 13.0 Å². The summed E-state index contributed by atoms with van der Waals surface area (Å²) in [7, 11) is 1.57. The van der Waals surface area contributed by atoms with Crippen LogP contribution in [0.4, 0.5) is 0 Å². The van der Waals surface area contributed by atoms with Crippen LogP contribution in [-0.2, 0) is 4.79 Å². The van der Waals surface area contributed by atoms with Crippen LogP contribution in [0.5, 0.6) is 11.5 Å². The van der Waals surface area contributed by atoms with Gasteiger partial charge in [0, 0.05) is 18.6 Å². The molecule has 0 saturated carbocycles. The van der Waals surface area contributed by atoms with Gasteiger partial charge >= 0.3 is 5.97 Å². The number of hydrogen-bond donors (Lipinski definition) is 0. The normalized spacial score (nSPS) is 10.5. The maximum Gasteiger partial charge on any atom is 0.308 e. The molecule has 0 amide bonds. The molecule has 0 fully saturated rings. The molecule has 1 aromatic heterocycles. The molecule has 0 radical (unpaired) electrons. The molecule has 23 heavy (non-hydrogen) atoms. The van der Waals surface area contributed by atoms with Crippen molar-refractivity contribution in [1.82, 2.24) is 0 Å². The van der Waals surface area contributed by atoms with Crippen molar-refractivity contribution in [1.29, 1.82) is 0 Å². The van der Waals surface area contributed by atoms with Crippen molar-refractivity contribution in [2.45, 2.75) is 6.92 Å². The van der Waals surface area contributed by atoms with Crippen LogP contribution in [0.15, 0.2) is 57.7 Å². The zero-order chi connectivity index (χ0) is 16.4. The number of carbonyl (C=O) groups excluding carboxylic acids is 1. The molecule has 0 atom stereocenters. The fourth-order valence-electron chi connectivity index (χ4n) is 2.34. The van der Waals surface area contributed by atoms with Crippen LogP contribution in [0.1, 0.15) is 6.92 Å². The molecular formula is C18H14O5. The Balaban J connectivity index is 2.19. The van der Waals surface area contributed by atoms with Crippen LogP contribution in [0.25, 0.3) is 22.3 Å². The van der Waals surface area contributed by atoms with Crippen molar-refractivity contribution >= 4 is 16.9 Å². The Morgan fingerprint density at radius 3 is 2.61 bits per heavy atom. The van der Waals surface area contributed by atoms with Gasteiger partial charge in [-0.05, 0) is 24.3 Å². The largest absolute Gasteiger partial charge is 0.497 e. The molecule has 3 aromatic rings. The summed E-state index contributed by atoms with van der Waals surface area (Å²) in [6.07, 6.45) is 0. The summed E-state index contributed by atoms with van der Waals surface area (Å²) in [5.41, 5.74) is 0.802. The Morgan fingerprint density at radius 2 is 1.87 bits per heavy atom. The molecule has 2 aromatic carbocycles. The quantitative estimate of drug-likeness (QED) is 0.548. The van der Waals surface area contributed by atoms with Gasteiger partial charge in [-0.1, -0.05) is 18.2 Å². The van der Waals surface area contributed by atoms with Gasteiger partial charge in [-0.3, -0.25) is 9.59 Å². The Kier molecular flexibility index (Phi) is 3.85. The molecule has 1 heterocycles. The zero-order valence-electron chi connectivity index (χ0n) is 12.7. The first-order chi connectivity index (χ1) is 11.1. The summed E-state index contributed by atoms with van der Waals surface area (Å²) in [6.45, 7) is 1.28. The summed E-state index contributed by atoms with van der Waals surface area (Å²) >= 11 is 0. The van der Waals surface area contributed by atoms with E-state index in [0.29, 0.717) is 17.1 Å². The summed E-state index contributed by atoms with van der Waals surface area (Å²) in [5.74, 6) is 0.787. The highest BCUT2D eigenvalue weighted by molar-refractivity contribution is 5.87. The monoisotopic (exact) mass is 310 g/mol. The molecule has 0 spiro atoms. The average molecular weight is 310 g/mol. The number of ether oxygens (including phenoxy) is 2. The molecule has 0 saturated heterocycles. The predicted octanol–water partition coefficient (Wildman–Crippen LogP) is 3.39. The summed E-state index contributed by atoms with van der Waals surface area (Å²) in [5, 5.41) is 0.245. The van der Waals surface area contributed by atoms with E-state index in [-0.39, 0.29) is 16.6 Å². The van der Waals surface area contributed by atoms with Crippen molar-refractivity contribution in [3.63, 3.8) is 0 Å². The highest BCUT2D eigenvalue weighted by Gasteiger charge is 2.13. The van der Waals surface area contributed by atoms with Gasteiger partial charge < -0.3 is 13.9 Å². The smallest absolute Gasteiger partial charge is 0.308 e. The SMILES string of the molecule is COc1cccc(-c2cc(=O)c3c(OC(C)=O)cccc3o2)c1. The second kappa shape index (κ2) is 5.96. The minimum atomic E-state index is -0.492. The van der Waals surface area contributed by atoms with E-state index < -0.39 is 5.97 Å². The van der Waals surface area contributed by atoms with Crippen LogP contribution in [-0.4, -0.2) is 13.1 Å². The third-order valence-corrected chi connectivity index (χ3v) is 3.32. The maximum atomic E-state index is 12.4. The molecule has 3 rings (SSSR count). The van der Waals surface area contributed by atoms with E-state index in [0.717, 1.165) is 5.56 Å². The van der Waals surface area contributed by atoms with Gasteiger partial charge in [0.25, 0.3) is 0 Å². The maximum absolute atomic E-state index is 12.4. The molecular weight excluding hydrogens is 296 g/mol. The van der Waals surface area contributed by atoms with E-state index >= 15 is 0 Å². The highest BCUT2D eigenvalue weighted by Crippen LogP contribution is 2.28. The number of esters is 1. The second-order valence-corrected chi connectivity index (χ2v) is 4.93. The molecule has 0 bridgehead atoms. The summed E-state index contributed by atoms with van der Waals surface area (Å²) in [6, 6.07) is 13.5. The van der Waals surface area contributed by atoms with Gasteiger partial charge in [0.15, 0.2) is 5.43 Å². The van der Waals surface area contributed by atoms with Crippen molar-refractivity contribution in [2.24, 2.45) is 0 Å². The lowest BCUT2D eigenvalue weighted by atomic mass is 10.1. The van der Waals surface area contributed by atoms with E-state index in [1.807, 2.05) is 18.2 Å². The number of rotatable bonds is 3. The first-order valence-corrected chi connectivity index (χ1v) is 6.98. The first-order valence-electron chi connectivity index (χ1n) is 6.98. The molecule has 0 unspecified atom stereocenters. The fourth-order valence-corrected chi connectivity index (χ4v) is 2.34. The minimum absolute atomic E-state index is 0.195. The van der Waals surface area contributed by atoms with Gasteiger partial charge in [0.2, 0.25) is 0 Å². The number of methoxy groups -OCH3 is 1. The third kappa shape index (κ3) is 2.94. The second-order valence-electron chi connectivity index (χ2n) is 4.93. The lowest BCUT2D eigenvalue weighted by Gasteiger charge is -2.07. The van der Waals surface area contributed by atoms with Crippen molar-refractivity contribution in [3.05, 3.63) is 58.8 Å². The number of carbonyl (C=O) groups is 1. The van der Waals surface area contributed by atoms with Gasteiger partial charge in [-0.15, -0.1) is 0 Å². The molecule has 5 nitrogen and oxygen atoms in total. The van der Waals surface area contributed by atoms with E-state index in [9.17, 15) is 9.59 Å². The van der Waals surface area contributed by atoms with Gasteiger partial charge in [0.05, 0.1) is 7.11 Å². The third-order valence-electron chi connectivity index (χ3n) is 3.32. The van der Waals surface area contributed by atoms with Crippen LogP contribution < -0.4 is 14.9 Å². The topological polar surface area (TPSA) is 65.7 Å². The van der Waals surface area contributed by atoms with E-state index in [4.69, 9.17) is 13.9 Å². The number of hydrogen-bond acceptors (Lipinski definition) is 5. The molecule has 0 aliphatic rings. The average Bonchev–Trinajstić information content (AvgIpc) is 2.54. The Hall–Kier alpha value is -3.08. The summed E-state index contributed by atoms with van der Waals surface area (Å²) < 4.78 is 16.1. The lowest BCUT2D eigenvalue weighted by molar-refractivity contribution is -0.131. The van der Waals surface area contributed by atoms with Gasteiger partial charge in [-0.2, -0.15) is 0 Å². The molecule has 0 aliphatic carbocycles. The molecule has 0 N–H and O–H groups in total. The van der Waals surface area contributed by atoms with Crippen LogP contribution in [0.3, 0.4) is 0 Å². The Bertz CT molecular complexity index is 940. The summed E-state index contributed by atoms with van der Waals surface area (Å²) in [4.78, 5) is 23.6. The predicted molar refractivity (Wildman–Crippen MR) is 85.8 cm³/mol. The van der Waals surface area contributed by atoms with Crippen LogP contribution >= 0.6 is 0 Å². The highest BCUT2D eigenvalue weighted by atomic mass is 16.5. The molecule has 0 aliphatic heterocycles. The van der Waals surface area contributed by atoms with Crippen molar-refractivity contribution in [2.75, 3.05) is 7.11 Å². The zero-order valence-corrected chi connectivity index (χ0v) is 12.7. The lowest BCUT2D eigenvalue weighted by Crippen LogP contribution is -2.07. The minimum Gasteiger partial charge on any atom is -0.497 e. The van der Waals surface area contributed by atoms with E-state index in [2.05, 4.69) is 0 Å². The molecule has 116 valence electrons. The molecule has 5 heteroatoms. The Morgan fingerprint density at radius 1 is 1.09 bits per heavy atom. The van der Waals surface area contributed by atoms with Crippen molar-refractivity contribution < 1.29 is 18.7 Å². The first kappa shape index (κ1) is 14.8.